The first-order chi connectivity index (χ1) is 20.7. The van der Waals surface area contributed by atoms with Gasteiger partial charge in [0.2, 0.25) is 11.8 Å². The number of rotatable bonds is 10. The Hall–Kier alpha value is -4.97. The Kier molecular flexibility index (Phi) is 8.86. The summed E-state index contributed by atoms with van der Waals surface area (Å²) in [5.74, 6) is 0.949. The van der Waals surface area contributed by atoms with Gasteiger partial charge < -0.3 is 29.7 Å². The van der Waals surface area contributed by atoms with Gasteiger partial charge in [-0.1, -0.05) is 12.6 Å². The number of amides is 2. The zero-order valence-corrected chi connectivity index (χ0v) is 25.0. The quantitative estimate of drug-likeness (QED) is 0.270. The minimum Gasteiger partial charge on any atom is -0.494 e. The first-order valence-corrected chi connectivity index (χ1v) is 14.1. The number of carbonyl (C=O) groups is 2. The van der Waals surface area contributed by atoms with E-state index in [1.54, 1.807) is 20.4 Å². The number of nitrogens with zero attached hydrogens (tertiary/aromatic N) is 7. The molecule has 2 N–H and O–H groups in total. The molecule has 1 fully saturated rings. The molecule has 2 aromatic carbocycles. The van der Waals surface area contributed by atoms with E-state index in [0.29, 0.717) is 29.5 Å². The van der Waals surface area contributed by atoms with Gasteiger partial charge in [0, 0.05) is 78.0 Å². The van der Waals surface area contributed by atoms with Gasteiger partial charge in [-0.25, -0.2) is 15.0 Å². The van der Waals surface area contributed by atoms with E-state index < -0.39 is 0 Å². The number of methoxy groups -OCH3 is 1. The standard InChI is InChI=1S/C31H37N9O3/c1-6-31(42)36-25-16-26(29(43-5)18-28(25)37(3)9-10-39-11-13-40(14-12-39)21(2)41)35-30-17-23(32-19-33-30)22-7-8-27-24(15-22)34-20-38(27)4/h6-8,15-20H,1,9-14H2,2-5H3,(H,36,42)(H,32,33,35). The van der Waals surface area contributed by atoms with Crippen LogP contribution in [0, 0.1) is 0 Å². The summed E-state index contributed by atoms with van der Waals surface area (Å²) >= 11 is 0. The molecule has 0 spiro atoms. The SMILES string of the molecule is C=CC(=O)Nc1cc(Nc2cc(-c3ccc4c(c3)ncn4C)ncn2)c(OC)cc1N(C)CCN1CCN(C(C)=O)CC1. The highest BCUT2D eigenvalue weighted by Gasteiger charge is 2.20. The van der Waals surface area contributed by atoms with Crippen LogP contribution in [-0.4, -0.2) is 94.6 Å². The lowest BCUT2D eigenvalue weighted by molar-refractivity contribution is -0.130. The van der Waals surface area contributed by atoms with Crippen molar-refractivity contribution in [2.75, 3.05) is 69.0 Å². The molecule has 1 aliphatic heterocycles. The predicted molar refractivity (Wildman–Crippen MR) is 169 cm³/mol. The highest BCUT2D eigenvalue weighted by Crippen LogP contribution is 2.38. The van der Waals surface area contributed by atoms with Crippen LogP contribution in [0.3, 0.4) is 0 Å². The van der Waals surface area contributed by atoms with E-state index in [0.717, 1.165) is 60.7 Å². The van der Waals surface area contributed by atoms with Crippen molar-refractivity contribution in [1.82, 2.24) is 29.3 Å². The number of imidazole rings is 1. The lowest BCUT2D eigenvalue weighted by Crippen LogP contribution is -2.49. The van der Waals surface area contributed by atoms with Crippen LogP contribution < -0.4 is 20.3 Å². The van der Waals surface area contributed by atoms with Crippen LogP contribution in [0.5, 0.6) is 5.75 Å². The second-order valence-corrected chi connectivity index (χ2v) is 10.5. The average Bonchev–Trinajstić information content (AvgIpc) is 3.39. The average molecular weight is 584 g/mol. The Morgan fingerprint density at radius 2 is 1.86 bits per heavy atom. The lowest BCUT2D eigenvalue weighted by atomic mass is 10.1. The molecule has 2 aromatic heterocycles. The zero-order valence-electron chi connectivity index (χ0n) is 25.0. The number of benzene rings is 2. The van der Waals surface area contributed by atoms with Crippen LogP contribution in [-0.2, 0) is 16.6 Å². The molecule has 0 unspecified atom stereocenters. The third kappa shape index (κ3) is 6.75. The van der Waals surface area contributed by atoms with E-state index in [9.17, 15) is 9.59 Å². The molecular weight excluding hydrogens is 546 g/mol. The Bertz CT molecular complexity index is 1640. The number of nitrogens with one attached hydrogen (secondary N) is 2. The molecule has 0 saturated carbocycles. The fourth-order valence-electron chi connectivity index (χ4n) is 5.15. The van der Waals surface area contributed by atoms with Gasteiger partial charge in [-0.3, -0.25) is 14.5 Å². The molecule has 0 bridgehead atoms. The van der Waals surface area contributed by atoms with Gasteiger partial charge in [0.05, 0.1) is 47.2 Å². The summed E-state index contributed by atoms with van der Waals surface area (Å²) in [5.41, 5.74) is 5.61. The molecule has 1 aliphatic rings. The summed E-state index contributed by atoms with van der Waals surface area (Å²) in [5, 5.41) is 6.28. The van der Waals surface area contributed by atoms with Gasteiger partial charge in [0.15, 0.2) is 0 Å². The molecule has 5 rings (SSSR count). The van der Waals surface area contributed by atoms with Crippen LogP contribution in [0.15, 0.2) is 61.7 Å². The molecule has 0 aliphatic carbocycles. The Labute approximate surface area is 251 Å². The Morgan fingerprint density at radius 3 is 2.58 bits per heavy atom. The van der Waals surface area contributed by atoms with Crippen molar-refractivity contribution < 1.29 is 14.3 Å². The summed E-state index contributed by atoms with van der Waals surface area (Å²) in [4.78, 5) is 43.7. The number of hydrogen-bond donors (Lipinski definition) is 2. The Balaban J connectivity index is 1.37. The van der Waals surface area contributed by atoms with Crippen LogP contribution in [0.4, 0.5) is 22.9 Å². The lowest BCUT2D eigenvalue weighted by Gasteiger charge is -2.35. The van der Waals surface area contributed by atoms with Crippen LogP contribution in [0.2, 0.25) is 0 Å². The van der Waals surface area contributed by atoms with Gasteiger partial charge in [-0.15, -0.1) is 0 Å². The number of likely N-dealkylation sites (N-methyl/N-ethyl adjacent to an activating group) is 1. The molecule has 43 heavy (non-hydrogen) atoms. The summed E-state index contributed by atoms with van der Waals surface area (Å²) in [6, 6.07) is 11.6. The number of piperazine rings is 1. The van der Waals surface area contributed by atoms with Crippen molar-refractivity contribution in [3.05, 3.63) is 61.7 Å². The van der Waals surface area contributed by atoms with Crippen molar-refractivity contribution in [1.29, 1.82) is 0 Å². The third-order valence-corrected chi connectivity index (χ3v) is 7.69. The largest absolute Gasteiger partial charge is 0.494 e. The third-order valence-electron chi connectivity index (χ3n) is 7.69. The monoisotopic (exact) mass is 583 g/mol. The summed E-state index contributed by atoms with van der Waals surface area (Å²) in [7, 11) is 5.54. The molecular formula is C31H37N9O3. The molecule has 0 radical (unpaired) electrons. The smallest absolute Gasteiger partial charge is 0.247 e. The maximum atomic E-state index is 12.4. The first-order valence-electron chi connectivity index (χ1n) is 14.1. The fourth-order valence-corrected chi connectivity index (χ4v) is 5.15. The van der Waals surface area contributed by atoms with Crippen molar-refractivity contribution in [3.63, 3.8) is 0 Å². The number of ether oxygens (including phenoxy) is 1. The minimum absolute atomic E-state index is 0.115. The number of carbonyl (C=O) groups excluding carboxylic acids is 2. The van der Waals surface area contributed by atoms with Crippen LogP contribution in [0.25, 0.3) is 22.3 Å². The number of fused-ring (bicyclic) bond motifs is 1. The molecule has 3 heterocycles. The fraction of sp³-hybridized carbons (Fsp3) is 0.323. The van der Waals surface area contributed by atoms with E-state index in [2.05, 4.69) is 42.0 Å². The number of aryl methyl sites for hydroxylation is 1. The molecule has 224 valence electrons. The predicted octanol–water partition coefficient (Wildman–Crippen LogP) is 3.51. The summed E-state index contributed by atoms with van der Waals surface area (Å²) in [6.07, 6.45) is 4.53. The molecule has 0 atom stereocenters. The normalized spacial score (nSPS) is 13.5. The van der Waals surface area contributed by atoms with Crippen molar-refractivity contribution in [2.24, 2.45) is 7.05 Å². The molecule has 1 saturated heterocycles. The van der Waals surface area contributed by atoms with Gasteiger partial charge in [0.25, 0.3) is 0 Å². The number of hydrogen-bond acceptors (Lipinski definition) is 9. The second kappa shape index (κ2) is 12.9. The Morgan fingerprint density at radius 1 is 1.07 bits per heavy atom. The van der Waals surface area contributed by atoms with E-state index in [1.165, 1.54) is 12.4 Å². The second-order valence-electron chi connectivity index (χ2n) is 10.5. The van der Waals surface area contributed by atoms with Crippen LogP contribution >= 0.6 is 0 Å². The van der Waals surface area contributed by atoms with Crippen molar-refractivity contribution in [3.8, 4) is 17.0 Å². The maximum Gasteiger partial charge on any atom is 0.247 e. The van der Waals surface area contributed by atoms with Gasteiger partial charge >= 0.3 is 0 Å². The number of anilines is 4. The first kappa shape index (κ1) is 29.5. The molecule has 4 aromatic rings. The van der Waals surface area contributed by atoms with Crippen molar-refractivity contribution >= 4 is 45.7 Å². The number of aromatic nitrogens is 4. The highest BCUT2D eigenvalue weighted by atomic mass is 16.5. The van der Waals surface area contributed by atoms with E-state index in [1.807, 2.05) is 60.0 Å². The summed E-state index contributed by atoms with van der Waals surface area (Å²) in [6.45, 7) is 9.87. The van der Waals surface area contributed by atoms with Gasteiger partial charge in [0.1, 0.15) is 17.9 Å². The minimum atomic E-state index is -0.319. The van der Waals surface area contributed by atoms with E-state index in [-0.39, 0.29) is 11.8 Å². The maximum absolute atomic E-state index is 12.4. The highest BCUT2D eigenvalue weighted by molar-refractivity contribution is 6.02. The van der Waals surface area contributed by atoms with Gasteiger partial charge in [-0.05, 0) is 24.3 Å². The van der Waals surface area contributed by atoms with Crippen molar-refractivity contribution in [2.45, 2.75) is 6.92 Å². The molecule has 12 nitrogen and oxygen atoms in total. The van der Waals surface area contributed by atoms with Gasteiger partial charge in [-0.2, -0.15) is 0 Å². The van der Waals surface area contributed by atoms with E-state index >= 15 is 0 Å². The topological polar surface area (TPSA) is 121 Å². The molecule has 12 heteroatoms. The summed E-state index contributed by atoms with van der Waals surface area (Å²) < 4.78 is 7.74. The zero-order chi connectivity index (χ0) is 30.5. The molecule has 2 amide bonds. The van der Waals surface area contributed by atoms with Crippen LogP contribution in [0.1, 0.15) is 6.92 Å². The van der Waals surface area contributed by atoms with E-state index in [4.69, 9.17) is 4.74 Å².